The van der Waals surface area contributed by atoms with Gasteiger partial charge in [-0.3, -0.25) is 9.59 Å². The third-order valence-electron chi connectivity index (χ3n) is 2.81. The molecule has 0 spiro atoms. The predicted molar refractivity (Wildman–Crippen MR) is 62.9 cm³/mol. The number of carbonyl (C=O) groups is 2. The van der Waals surface area contributed by atoms with E-state index in [-0.39, 0.29) is 18.4 Å². The second kappa shape index (κ2) is 5.87. The molecule has 1 rings (SSSR count). The summed E-state index contributed by atoms with van der Waals surface area (Å²) >= 11 is 0. The van der Waals surface area contributed by atoms with Gasteiger partial charge in [-0.05, 0) is 18.8 Å². The van der Waals surface area contributed by atoms with Crippen LogP contribution in [0.4, 0.5) is 0 Å². The van der Waals surface area contributed by atoms with Crippen molar-refractivity contribution < 1.29 is 9.59 Å². The highest BCUT2D eigenvalue weighted by atomic mass is 16.2. The molecule has 16 heavy (non-hydrogen) atoms. The van der Waals surface area contributed by atoms with Crippen molar-refractivity contribution in [3.05, 3.63) is 0 Å². The SMILES string of the molecule is CC(C)CN(C)C(=O)CN1CCCCC1=O. The van der Waals surface area contributed by atoms with E-state index < -0.39 is 0 Å². The Kier molecular flexibility index (Phi) is 4.77. The molecule has 1 fully saturated rings. The van der Waals surface area contributed by atoms with Crippen LogP contribution in [0.3, 0.4) is 0 Å². The maximum Gasteiger partial charge on any atom is 0.241 e. The first kappa shape index (κ1) is 13.0. The Morgan fingerprint density at radius 3 is 2.69 bits per heavy atom. The molecule has 4 heteroatoms. The van der Waals surface area contributed by atoms with Gasteiger partial charge in [0.1, 0.15) is 0 Å². The van der Waals surface area contributed by atoms with Crippen LogP contribution in [-0.4, -0.2) is 48.3 Å². The Morgan fingerprint density at radius 2 is 2.12 bits per heavy atom. The smallest absolute Gasteiger partial charge is 0.241 e. The van der Waals surface area contributed by atoms with Crippen LogP contribution in [0.5, 0.6) is 0 Å². The molecule has 4 nitrogen and oxygen atoms in total. The first-order chi connectivity index (χ1) is 7.50. The number of carbonyl (C=O) groups excluding carboxylic acids is 2. The van der Waals surface area contributed by atoms with Gasteiger partial charge in [0.05, 0.1) is 6.54 Å². The van der Waals surface area contributed by atoms with Crippen LogP contribution >= 0.6 is 0 Å². The van der Waals surface area contributed by atoms with Crippen LogP contribution in [0.2, 0.25) is 0 Å². The monoisotopic (exact) mass is 226 g/mol. The van der Waals surface area contributed by atoms with E-state index in [4.69, 9.17) is 0 Å². The number of amides is 2. The van der Waals surface area contributed by atoms with E-state index in [1.165, 1.54) is 0 Å². The molecule has 1 saturated heterocycles. The van der Waals surface area contributed by atoms with Crippen molar-refractivity contribution in [2.75, 3.05) is 26.7 Å². The number of rotatable bonds is 4. The molecule has 0 bridgehead atoms. The minimum atomic E-state index is 0.0453. The number of likely N-dealkylation sites (tertiary alicyclic amines) is 1. The second-order valence-electron chi connectivity index (χ2n) is 4.94. The van der Waals surface area contributed by atoms with E-state index in [2.05, 4.69) is 13.8 Å². The Balaban J connectivity index is 2.40. The Bertz CT molecular complexity index is 264. The molecule has 0 aromatic heterocycles. The fraction of sp³-hybridized carbons (Fsp3) is 0.833. The minimum absolute atomic E-state index is 0.0453. The lowest BCUT2D eigenvalue weighted by molar-refractivity contribution is -0.141. The summed E-state index contributed by atoms with van der Waals surface area (Å²) in [7, 11) is 1.80. The van der Waals surface area contributed by atoms with Gasteiger partial charge in [-0.15, -0.1) is 0 Å². The molecule has 0 aromatic rings. The molecule has 92 valence electrons. The second-order valence-corrected chi connectivity index (χ2v) is 4.94. The first-order valence-electron chi connectivity index (χ1n) is 6.02. The van der Waals surface area contributed by atoms with Gasteiger partial charge < -0.3 is 9.80 Å². The molecule has 0 N–H and O–H groups in total. The summed E-state index contributed by atoms with van der Waals surface area (Å²) in [6, 6.07) is 0. The molecule has 0 saturated carbocycles. The zero-order valence-corrected chi connectivity index (χ0v) is 10.5. The van der Waals surface area contributed by atoms with E-state index in [0.29, 0.717) is 12.3 Å². The fourth-order valence-electron chi connectivity index (χ4n) is 1.96. The van der Waals surface area contributed by atoms with Gasteiger partial charge in [-0.1, -0.05) is 13.8 Å². The van der Waals surface area contributed by atoms with Gasteiger partial charge >= 0.3 is 0 Å². The Hall–Kier alpha value is -1.06. The average Bonchev–Trinajstić information content (AvgIpc) is 2.20. The van der Waals surface area contributed by atoms with Crippen molar-refractivity contribution in [3.8, 4) is 0 Å². The molecular formula is C12H22N2O2. The summed E-state index contributed by atoms with van der Waals surface area (Å²) in [5.74, 6) is 0.632. The van der Waals surface area contributed by atoms with Gasteiger partial charge in [0, 0.05) is 26.6 Å². The number of piperidine rings is 1. The molecule has 0 aromatic carbocycles. The van der Waals surface area contributed by atoms with Gasteiger partial charge in [0.25, 0.3) is 0 Å². The van der Waals surface area contributed by atoms with Gasteiger partial charge in [-0.25, -0.2) is 0 Å². The number of hydrogen-bond donors (Lipinski definition) is 0. The molecular weight excluding hydrogens is 204 g/mol. The number of nitrogens with zero attached hydrogens (tertiary/aromatic N) is 2. The van der Waals surface area contributed by atoms with Gasteiger partial charge in [0.15, 0.2) is 0 Å². The highest BCUT2D eigenvalue weighted by Crippen LogP contribution is 2.10. The van der Waals surface area contributed by atoms with Crippen LogP contribution in [0.15, 0.2) is 0 Å². The van der Waals surface area contributed by atoms with Crippen molar-refractivity contribution in [1.82, 2.24) is 9.80 Å². The average molecular weight is 226 g/mol. The summed E-state index contributed by atoms with van der Waals surface area (Å²) in [4.78, 5) is 26.8. The molecule has 0 atom stereocenters. The maximum atomic E-state index is 11.8. The normalized spacial score (nSPS) is 16.8. The van der Waals surface area contributed by atoms with Gasteiger partial charge in [0.2, 0.25) is 11.8 Å². The zero-order valence-electron chi connectivity index (χ0n) is 10.5. The highest BCUT2D eigenvalue weighted by Gasteiger charge is 2.22. The lowest BCUT2D eigenvalue weighted by Gasteiger charge is -2.28. The topological polar surface area (TPSA) is 40.6 Å². The standard InChI is InChI=1S/C12H22N2O2/c1-10(2)8-13(3)12(16)9-14-7-5-4-6-11(14)15/h10H,4-9H2,1-3H3. The molecule has 2 amide bonds. The summed E-state index contributed by atoms with van der Waals surface area (Å²) in [6.45, 7) is 5.90. The fourth-order valence-corrected chi connectivity index (χ4v) is 1.96. The van der Waals surface area contributed by atoms with E-state index in [0.717, 1.165) is 25.9 Å². The molecule has 1 aliphatic heterocycles. The van der Waals surface area contributed by atoms with Crippen LogP contribution in [0.1, 0.15) is 33.1 Å². The summed E-state index contributed by atoms with van der Waals surface area (Å²) in [5.41, 5.74) is 0. The summed E-state index contributed by atoms with van der Waals surface area (Å²) in [6.07, 6.45) is 2.58. The maximum absolute atomic E-state index is 11.8. The van der Waals surface area contributed by atoms with E-state index in [1.54, 1.807) is 16.8 Å². The zero-order chi connectivity index (χ0) is 12.1. The lowest BCUT2D eigenvalue weighted by Crippen LogP contribution is -2.44. The van der Waals surface area contributed by atoms with E-state index >= 15 is 0 Å². The van der Waals surface area contributed by atoms with Crippen LogP contribution in [0, 0.1) is 5.92 Å². The molecule has 0 radical (unpaired) electrons. The summed E-state index contributed by atoms with van der Waals surface area (Å²) in [5, 5.41) is 0. The minimum Gasteiger partial charge on any atom is -0.344 e. The predicted octanol–water partition coefficient (Wildman–Crippen LogP) is 1.11. The van der Waals surface area contributed by atoms with Crippen LogP contribution in [-0.2, 0) is 9.59 Å². The largest absolute Gasteiger partial charge is 0.344 e. The van der Waals surface area contributed by atoms with Crippen LogP contribution in [0.25, 0.3) is 0 Å². The van der Waals surface area contributed by atoms with Gasteiger partial charge in [-0.2, -0.15) is 0 Å². The van der Waals surface area contributed by atoms with Crippen molar-refractivity contribution in [3.63, 3.8) is 0 Å². The molecule has 0 aliphatic carbocycles. The van der Waals surface area contributed by atoms with Crippen molar-refractivity contribution >= 4 is 11.8 Å². The third kappa shape index (κ3) is 3.83. The van der Waals surface area contributed by atoms with E-state index in [1.807, 2.05) is 0 Å². The lowest BCUT2D eigenvalue weighted by atomic mass is 10.1. The molecule has 0 unspecified atom stereocenters. The Morgan fingerprint density at radius 1 is 1.44 bits per heavy atom. The van der Waals surface area contributed by atoms with Crippen molar-refractivity contribution in [2.24, 2.45) is 5.92 Å². The number of hydrogen-bond acceptors (Lipinski definition) is 2. The van der Waals surface area contributed by atoms with Crippen LogP contribution < -0.4 is 0 Å². The quantitative estimate of drug-likeness (QED) is 0.720. The highest BCUT2D eigenvalue weighted by molar-refractivity contribution is 5.85. The molecule has 1 heterocycles. The first-order valence-corrected chi connectivity index (χ1v) is 6.02. The number of likely N-dealkylation sites (N-methyl/N-ethyl adjacent to an activating group) is 1. The van der Waals surface area contributed by atoms with Crippen molar-refractivity contribution in [1.29, 1.82) is 0 Å². The summed E-state index contributed by atoms with van der Waals surface area (Å²) < 4.78 is 0. The molecule has 1 aliphatic rings. The third-order valence-corrected chi connectivity index (χ3v) is 2.81. The van der Waals surface area contributed by atoms with E-state index in [9.17, 15) is 9.59 Å². The van der Waals surface area contributed by atoms with Crippen molar-refractivity contribution in [2.45, 2.75) is 33.1 Å². The Labute approximate surface area is 97.6 Å².